The average Bonchev–Trinajstić information content (AvgIpc) is 2.03. The quantitative estimate of drug-likeness (QED) is 0.597. The van der Waals surface area contributed by atoms with Crippen LogP contribution in [0, 0.1) is 5.92 Å². The molecule has 0 aliphatic carbocycles. The van der Waals surface area contributed by atoms with Crippen LogP contribution in [0.4, 0.5) is 0 Å². The van der Waals surface area contributed by atoms with Crippen LogP contribution in [0.2, 0.25) is 0 Å². The Hall–Kier alpha value is -0.0800. The van der Waals surface area contributed by atoms with E-state index in [0.717, 1.165) is 5.92 Å². The van der Waals surface area contributed by atoms with Gasteiger partial charge in [0.15, 0.2) is 0 Å². The highest BCUT2D eigenvalue weighted by Crippen LogP contribution is 2.22. The molecule has 0 radical (unpaired) electrons. The van der Waals surface area contributed by atoms with Gasteiger partial charge in [-0.25, -0.2) is 0 Å². The summed E-state index contributed by atoms with van der Waals surface area (Å²) in [6.45, 7) is 9.06. The maximum absolute atomic E-state index is 3.30. The highest BCUT2D eigenvalue weighted by molar-refractivity contribution is 4.78. The predicted molar refractivity (Wildman–Crippen MR) is 59.6 cm³/mol. The van der Waals surface area contributed by atoms with Gasteiger partial charge in [0.2, 0.25) is 0 Å². The molecule has 0 aromatic carbocycles. The molecule has 0 aromatic rings. The zero-order chi connectivity index (χ0) is 10.3. The monoisotopic (exact) mass is 186 g/mol. The van der Waals surface area contributed by atoms with Crippen molar-refractivity contribution in [3.63, 3.8) is 0 Å². The van der Waals surface area contributed by atoms with Gasteiger partial charge in [-0.05, 0) is 33.2 Å². The molecule has 1 unspecified atom stereocenters. The van der Waals surface area contributed by atoms with E-state index in [4.69, 9.17) is 0 Å². The molecule has 2 N–H and O–H groups in total. The first kappa shape index (κ1) is 12.9. The van der Waals surface area contributed by atoms with Crippen molar-refractivity contribution in [2.45, 2.75) is 58.9 Å². The minimum Gasteiger partial charge on any atom is -0.260 e. The van der Waals surface area contributed by atoms with Gasteiger partial charge in [0.25, 0.3) is 0 Å². The van der Waals surface area contributed by atoms with Gasteiger partial charge in [0.05, 0.1) is 0 Å². The fraction of sp³-hybridized carbons (Fsp3) is 1.00. The summed E-state index contributed by atoms with van der Waals surface area (Å²) in [6, 6.07) is 0. The number of rotatable bonds is 7. The fourth-order valence-corrected chi connectivity index (χ4v) is 1.97. The summed E-state index contributed by atoms with van der Waals surface area (Å²) in [5.74, 6) is 0.862. The van der Waals surface area contributed by atoms with Crippen LogP contribution >= 0.6 is 0 Å². The third-order valence-electron chi connectivity index (χ3n) is 2.54. The van der Waals surface area contributed by atoms with E-state index in [1.54, 1.807) is 0 Å². The standard InChI is InChI=1S/C11H26N2/c1-6-8-10(7-2)9-11(3,4)13-12-5/h10,12-13H,6-9H2,1-5H3. The molecular formula is C11H26N2. The van der Waals surface area contributed by atoms with Gasteiger partial charge in [-0.1, -0.05) is 33.1 Å². The molecule has 0 heterocycles. The smallest absolute Gasteiger partial charge is 0.0270 e. The van der Waals surface area contributed by atoms with Crippen molar-refractivity contribution in [2.75, 3.05) is 7.05 Å². The summed E-state index contributed by atoms with van der Waals surface area (Å²) in [4.78, 5) is 0. The minimum atomic E-state index is 0.213. The Balaban J connectivity index is 3.89. The van der Waals surface area contributed by atoms with Gasteiger partial charge < -0.3 is 0 Å². The van der Waals surface area contributed by atoms with Crippen molar-refractivity contribution >= 4 is 0 Å². The SMILES string of the molecule is CCCC(CC)CC(C)(C)NNC. The van der Waals surface area contributed by atoms with E-state index in [0.29, 0.717) is 0 Å². The van der Waals surface area contributed by atoms with Crippen molar-refractivity contribution in [2.24, 2.45) is 5.92 Å². The van der Waals surface area contributed by atoms with Crippen molar-refractivity contribution < 1.29 is 0 Å². The van der Waals surface area contributed by atoms with Crippen LogP contribution in [-0.2, 0) is 0 Å². The molecule has 0 aliphatic rings. The summed E-state index contributed by atoms with van der Waals surface area (Å²) in [5, 5.41) is 0. The highest BCUT2D eigenvalue weighted by atomic mass is 15.4. The normalized spacial score (nSPS) is 14.5. The van der Waals surface area contributed by atoms with Gasteiger partial charge in [-0.15, -0.1) is 0 Å². The summed E-state index contributed by atoms with van der Waals surface area (Å²) in [7, 11) is 1.93. The van der Waals surface area contributed by atoms with E-state index in [9.17, 15) is 0 Å². The number of nitrogens with one attached hydrogen (secondary N) is 2. The number of hydrogen-bond acceptors (Lipinski definition) is 2. The Morgan fingerprint density at radius 1 is 1.23 bits per heavy atom. The molecule has 0 fully saturated rings. The van der Waals surface area contributed by atoms with Crippen LogP contribution < -0.4 is 10.9 Å². The van der Waals surface area contributed by atoms with E-state index >= 15 is 0 Å². The zero-order valence-electron chi connectivity index (χ0n) is 9.91. The van der Waals surface area contributed by atoms with Crippen LogP contribution in [-0.4, -0.2) is 12.6 Å². The second kappa shape index (κ2) is 6.39. The van der Waals surface area contributed by atoms with E-state index in [2.05, 4.69) is 38.5 Å². The first-order valence-corrected chi connectivity index (χ1v) is 5.49. The average molecular weight is 186 g/mol. The molecule has 0 saturated carbocycles. The van der Waals surface area contributed by atoms with Crippen molar-refractivity contribution in [3.8, 4) is 0 Å². The first-order chi connectivity index (χ1) is 6.05. The van der Waals surface area contributed by atoms with E-state index in [-0.39, 0.29) is 5.54 Å². The lowest BCUT2D eigenvalue weighted by atomic mass is 9.87. The second-order valence-corrected chi connectivity index (χ2v) is 4.53. The lowest BCUT2D eigenvalue weighted by Crippen LogP contribution is -2.47. The molecule has 0 bridgehead atoms. The van der Waals surface area contributed by atoms with Crippen LogP contribution in [0.5, 0.6) is 0 Å². The van der Waals surface area contributed by atoms with Crippen molar-refractivity contribution in [1.82, 2.24) is 10.9 Å². The van der Waals surface area contributed by atoms with E-state index < -0.39 is 0 Å². The molecule has 0 aromatic heterocycles. The van der Waals surface area contributed by atoms with E-state index in [1.807, 2.05) is 7.05 Å². The summed E-state index contributed by atoms with van der Waals surface area (Å²) in [5.41, 5.74) is 6.54. The maximum atomic E-state index is 3.30. The third-order valence-corrected chi connectivity index (χ3v) is 2.54. The Labute approximate surface area is 83.5 Å². The Bertz CT molecular complexity index is 121. The van der Waals surface area contributed by atoms with Crippen LogP contribution in [0.15, 0.2) is 0 Å². The molecule has 13 heavy (non-hydrogen) atoms. The lowest BCUT2D eigenvalue weighted by Gasteiger charge is -2.30. The van der Waals surface area contributed by atoms with Crippen LogP contribution in [0.25, 0.3) is 0 Å². The third kappa shape index (κ3) is 6.05. The molecule has 1 atom stereocenters. The summed E-state index contributed by atoms with van der Waals surface area (Å²) < 4.78 is 0. The van der Waals surface area contributed by atoms with Crippen LogP contribution in [0.1, 0.15) is 53.4 Å². The van der Waals surface area contributed by atoms with Gasteiger partial charge in [-0.2, -0.15) is 0 Å². The van der Waals surface area contributed by atoms with Gasteiger partial charge in [-0.3, -0.25) is 10.9 Å². The molecule has 0 spiro atoms. The summed E-state index contributed by atoms with van der Waals surface area (Å²) in [6.07, 6.45) is 5.19. The zero-order valence-corrected chi connectivity index (χ0v) is 9.91. The van der Waals surface area contributed by atoms with Gasteiger partial charge in [0, 0.05) is 5.54 Å². The first-order valence-electron chi connectivity index (χ1n) is 5.49. The molecule has 2 nitrogen and oxygen atoms in total. The topological polar surface area (TPSA) is 24.1 Å². The fourth-order valence-electron chi connectivity index (χ4n) is 1.97. The number of hydrazine groups is 1. The Morgan fingerprint density at radius 3 is 2.23 bits per heavy atom. The highest BCUT2D eigenvalue weighted by Gasteiger charge is 2.20. The summed E-state index contributed by atoms with van der Waals surface area (Å²) >= 11 is 0. The second-order valence-electron chi connectivity index (χ2n) is 4.53. The largest absolute Gasteiger partial charge is 0.260 e. The molecule has 0 rings (SSSR count). The molecule has 80 valence electrons. The molecule has 0 amide bonds. The minimum absolute atomic E-state index is 0.213. The van der Waals surface area contributed by atoms with Gasteiger partial charge >= 0.3 is 0 Å². The van der Waals surface area contributed by atoms with Crippen LogP contribution in [0.3, 0.4) is 0 Å². The van der Waals surface area contributed by atoms with Crippen molar-refractivity contribution in [1.29, 1.82) is 0 Å². The molecule has 0 saturated heterocycles. The predicted octanol–water partition coefficient (Wildman–Crippen LogP) is 2.71. The number of hydrogen-bond donors (Lipinski definition) is 2. The van der Waals surface area contributed by atoms with Gasteiger partial charge in [0.1, 0.15) is 0 Å². The lowest BCUT2D eigenvalue weighted by molar-refractivity contribution is 0.259. The Morgan fingerprint density at radius 2 is 1.85 bits per heavy atom. The maximum Gasteiger partial charge on any atom is 0.0270 e. The molecular weight excluding hydrogens is 160 g/mol. The van der Waals surface area contributed by atoms with E-state index in [1.165, 1.54) is 25.7 Å². The molecule has 0 aliphatic heterocycles. The molecule has 2 heteroatoms. The Kier molecular flexibility index (Phi) is 6.35. The van der Waals surface area contributed by atoms with Crippen molar-refractivity contribution in [3.05, 3.63) is 0 Å².